The highest BCUT2D eigenvalue weighted by Crippen LogP contribution is 2.30. The molecule has 11 nitrogen and oxygen atoms in total. The molecule has 5 aromatic rings. The second-order valence-electron chi connectivity index (χ2n) is 9.55. The number of thiazole rings is 1. The van der Waals surface area contributed by atoms with Crippen molar-refractivity contribution in [3.63, 3.8) is 0 Å². The molecule has 12 heteroatoms. The fraction of sp³-hybridized carbons (Fsp3) is 0.129. The molecule has 1 aromatic heterocycles. The molecule has 1 unspecified atom stereocenters. The van der Waals surface area contributed by atoms with Gasteiger partial charge in [-0.25, -0.2) is 10.4 Å². The Morgan fingerprint density at radius 2 is 1.77 bits per heavy atom. The van der Waals surface area contributed by atoms with Crippen molar-refractivity contribution in [3.8, 4) is 11.8 Å². The summed E-state index contributed by atoms with van der Waals surface area (Å²) in [5.41, 5.74) is 3.65. The number of hydrazone groups is 1. The molecule has 3 N–H and O–H groups in total. The van der Waals surface area contributed by atoms with E-state index in [4.69, 9.17) is 0 Å². The van der Waals surface area contributed by atoms with Gasteiger partial charge in [-0.1, -0.05) is 42.5 Å². The van der Waals surface area contributed by atoms with Gasteiger partial charge in [-0.15, -0.1) is 11.3 Å². The van der Waals surface area contributed by atoms with Crippen molar-refractivity contribution >= 4 is 61.2 Å². The number of phenolic OH excluding ortho intramolecular Hbond substituents is 1. The van der Waals surface area contributed by atoms with E-state index in [1.54, 1.807) is 12.1 Å². The quantitative estimate of drug-likeness (QED) is 0.0975. The molecule has 1 atom stereocenters. The van der Waals surface area contributed by atoms with Crippen LogP contribution in [0.15, 0.2) is 90.0 Å². The smallest absolute Gasteiger partial charge is 0.275 e. The highest BCUT2D eigenvalue weighted by molar-refractivity contribution is 7.18. The van der Waals surface area contributed by atoms with Crippen molar-refractivity contribution in [2.45, 2.75) is 25.2 Å². The van der Waals surface area contributed by atoms with Crippen LogP contribution < -0.4 is 10.7 Å². The Bertz CT molecular complexity index is 1900. The van der Waals surface area contributed by atoms with Gasteiger partial charge in [0.15, 0.2) is 0 Å². The number of hydrogen-bond acceptors (Lipinski definition) is 9. The third-order valence-electron chi connectivity index (χ3n) is 6.61. The molecule has 0 spiro atoms. The van der Waals surface area contributed by atoms with Gasteiger partial charge in [0, 0.05) is 24.2 Å². The Labute approximate surface area is 249 Å². The number of nitro benzene ring substituents is 1. The largest absolute Gasteiger partial charge is 0.507 e. The van der Waals surface area contributed by atoms with E-state index in [0.29, 0.717) is 16.4 Å². The summed E-state index contributed by atoms with van der Waals surface area (Å²) in [6.07, 6.45) is 0.458. The number of hydrogen-bond donors (Lipinski definition) is 3. The van der Waals surface area contributed by atoms with Crippen LogP contribution in [0.5, 0.6) is 5.75 Å². The number of fused-ring (bicyclic) bond motifs is 2. The lowest BCUT2D eigenvalue weighted by molar-refractivity contribution is -0.384. The van der Waals surface area contributed by atoms with E-state index >= 15 is 0 Å². The summed E-state index contributed by atoms with van der Waals surface area (Å²) in [4.78, 5) is 40.8. The first-order valence-electron chi connectivity index (χ1n) is 13.2. The van der Waals surface area contributed by atoms with Gasteiger partial charge >= 0.3 is 0 Å². The summed E-state index contributed by atoms with van der Waals surface area (Å²) in [5.74, 6) is -2.15. The summed E-state index contributed by atoms with van der Waals surface area (Å²) < 4.78 is 0.888. The zero-order valence-electron chi connectivity index (χ0n) is 22.6. The second kappa shape index (κ2) is 12.9. The highest BCUT2D eigenvalue weighted by Gasteiger charge is 2.23. The number of nitrogens with one attached hydrogen (secondary N) is 2. The number of nitro groups is 1. The number of non-ortho nitro benzene ring substituents is 1. The van der Waals surface area contributed by atoms with E-state index in [1.807, 2.05) is 48.5 Å². The van der Waals surface area contributed by atoms with Gasteiger partial charge in [0.2, 0.25) is 5.91 Å². The minimum Gasteiger partial charge on any atom is -0.507 e. The fourth-order valence-electron chi connectivity index (χ4n) is 4.49. The lowest BCUT2D eigenvalue weighted by atomic mass is 10.00. The van der Waals surface area contributed by atoms with Gasteiger partial charge in [0.25, 0.3) is 11.6 Å². The molecule has 0 saturated heterocycles. The normalized spacial score (nSPS) is 12.0. The maximum Gasteiger partial charge on any atom is 0.275 e. The number of amides is 2. The zero-order chi connectivity index (χ0) is 30.3. The van der Waals surface area contributed by atoms with Crippen LogP contribution in [0.2, 0.25) is 0 Å². The van der Waals surface area contributed by atoms with Gasteiger partial charge in [-0.05, 0) is 53.9 Å². The monoisotopic (exact) mass is 592 g/mol. The number of benzene rings is 4. The average Bonchev–Trinajstić information content (AvgIpc) is 3.43. The molecule has 4 aromatic carbocycles. The van der Waals surface area contributed by atoms with Crippen LogP contribution in [0, 0.1) is 21.4 Å². The Kier molecular flexibility index (Phi) is 8.64. The van der Waals surface area contributed by atoms with Gasteiger partial charge in [0.1, 0.15) is 16.7 Å². The second-order valence-corrected chi connectivity index (χ2v) is 10.6. The average molecular weight is 593 g/mol. The molecular formula is C31H24N6O5S. The topological polar surface area (TPSA) is 171 Å². The molecule has 0 bridgehead atoms. The summed E-state index contributed by atoms with van der Waals surface area (Å²) >= 11 is 1.34. The minimum absolute atomic E-state index is 0.0200. The fourth-order valence-corrected chi connectivity index (χ4v) is 5.54. The molecule has 5 rings (SSSR count). The number of nitrogens with zero attached hydrogens (tertiary/aromatic N) is 4. The number of aromatic hydroxyl groups is 1. The summed E-state index contributed by atoms with van der Waals surface area (Å²) in [6, 6.07) is 25.6. The Hall–Kier alpha value is -5.67. The number of nitriles is 1. The molecule has 0 fully saturated rings. The molecule has 0 aliphatic rings. The third kappa shape index (κ3) is 6.80. The van der Waals surface area contributed by atoms with Crippen LogP contribution in [-0.4, -0.2) is 32.5 Å². The van der Waals surface area contributed by atoms with Crippen LogP contribution in [-0.2, 0) is 4.79 Å². The molecule has 0 radical (unpaired) electrons. The first-order valence-corrected chi connectivity index (χ1v) is 14.0. The predicted octanol–water partition coefficient (Wildman–Crippen LogP) is 6.27. The molecular weight excluding hydrogens is 568 g/mol. The maximum atomic E-state index is 13.1. The van der Waals surface area contributed by atoms with E-state index < -0.39 is 16.7 Å². The van der Waals surface area contributed by atoms with E-state index in [1.165, 1.54) is 35.6 Å². The van der Waals surface area contributed by atoms with Crippen molar-refractivity contribution in [3.05, 3.63) is 106 Å². The van der Waals surface area contributed by atoms with Crippen LogP contribution in [0.1, 0.15) is 40.5 Å². The van der Waals surface area contributed by atoms with Gasteiger partial charge in [-0.2, -0.15) is 10.4 Å². The number of aromatic nitrogens is 1. The van der Waals surface area contributed by atoms with Crippen molar-refractivity contribution in [2.24, 2.45) is 5.10 Å². The van der Waals surface area contributed by atoms with Crippen LogP contribution in [0.3, 0.4) is 0 Å². The van der Waals surface area contributed by atoms with Crippen LogP contribution >= 0.6 is 11.3 Å². The number of para-hydroxylation sites is 1. The standard InChI is InChI=1S/C31H24N6O5S/c32-18-24(31-34-26-11-3-4-13-28(26)43-31)25(12-6-14-29(39)33-21-9-5-10-22(17-21)37(41)42)35-36-30(40)23-15-19-7-1-2-8-20(19)16-27(23)38/h1-5,7-11,13,15-17,24,38H,6,12,14H2,(H,33,39)(H,36,40)/b35-25+. The number of carbonyl (C=O) groups is 2. The molecule has 0 saturated carbocycles. The van der Waals surface area contributed by atoms with Crippen molar-refractivity contribution in [2.75, 3.05) is 5.32 Å². The van der Waals surface area contributed by atoms with Crippen molar-refractivity contribution in [1.29, 1.82) is 5.26 Å². The number of anilines is 1. The maximum absolute atomic E-state index is 13.1. The Morgan fingerprint density at radius 3 is 2.51 bits per heavy atom. The molecule has 214 valence electrons. The first kappa shape index (κ1) is 28.8. The highest BCUT2D eigenvalue weighted by atomic mass is 32.1. The van der Waals surface area contributed by atoms with E-state index in [9.17, 15) is 30.1 Å². The van der Waals surface area contributed by atoms with Crippen molar-refractivity contribution < 1.29 is 19.6 Å². The van der Waals surface area contributed by atoms with Gasteiger partial charge in [-0.3, -0.25) is 19.7 Å². The first-order chi connectivity index (χ1) is 20.8. The molecule has 2 amide bonds. The molecule has 0 aliphatic heterocycles. The Balaban J connectivity index is 1.35. The van der Waals surface area contributed by atoms with Crippen LogP contribution in [0.25, 0.3) is 21.0 Å². The molecule has 0 aliphatic carbocycles. The number of rotatable bonds is 10. The molecule has 1 heterocycles. The summed E-state index contributed by atoms with van der Waals surface area (Å²) in [7, 11) is 0. The van der Waals surface area contributed by atoms with E-state index in [-0.39, 0.29) is 42.2 Å². The lowest BCUT2D eigenvalue weighted by Crippen LogP contribution is -2.23. The summed E-state index contributed by atoms with van der Waals surface area (Å²) in [5, 5.41) is 40.6. The van der Waals surface area contributed by atoms with E-state index in [2.05, 4.69) is 26.9 Å². The minimum atomic E-state index is -0.900. The summed E-state index contributed by atoms with van der Waals surface area (Å²) in [6.45, 7) is 0. The van der Waals surface area contributed by atoms with Gasteiger partial charge < -0.3 is 10.4 Å². The van der Waals surface area contributed by atoms with Crippen molar-refractivity contribution in [1.82, 2.24) is 10.4 Å². The Morgan fingerprint density at radius 1 is 1.02 bits per heavy atom. The van der Waals surface area contributed by atoms with Crippen LogP contribution in [0.4, 0.5) is 11.4 Å². The third-order valence-corrected chi connectivity index (χ3v) is 7.71. The van der Waals surface area contributed by atoms with Gasteiger partial charge in [0.05, 0.1) is 32.5 Å². The molecule has 43 heavy (non-hydrogen) atoms. The van der Waals surface area contributed by atoms with E-state index in [0.717, 1.165) is 21.0 Å². The SMILES string of the molecule is N#CC(/C(CCCC(=O)Nc1cccc([N+](=O)[O-])c1)=N/NC(=O)c1cc2ccccc2cc1O)c1nc2ccccc2s1. The number of carbonyl (C=O) groups excluding carboxylic acids is 2. The number of phenols is 1. The lowest BCUT2D eigenvalue weighted by Gasteiger charge is -2.12. The zero-order valence-corrected chi connectivity index (χ0v) is 23.4. The predicted molar refractivity (Wildman–Crippen MR) is 164 cm³/mol.